The predicted molar refractivity (Wildman–Crippen MR) is 133 cm³/mol. The number of aryl methyl sites for hydroxylation is 4. The van der Waals surface area contributed by atoms with Gasteiger partial charge in [-0.25, -0.2) is 9.50 Å². The van der Waals surface area contributed by atoms with Gasteiger partial charge >= 0.3 is 5.97 Å². The Morgan fingerprint density at radius 2 is 1.89 bits per heavy atom. The second-order valence-electron chi connectivity index (χ2n) is 10.3. The summed E-state index contributed by atoms with van der Waals surface area (Å²) in [6.07, 6.45) is 7.37. The van der Waals surface area contributed by atoms with Gasteiger partial charge in [0.1, 0.15) is 11.5 Å². The number of pyridine rings is 1. The van der Waals surface area contributed by atoms with Crippen LogP contribution in [0.25, 0.3) is 5.78 Å². The molecule has 9 heteroatoms. The molecule has 2 aliphatic rings. The van der Waals surface area contributed by atoms with Crippen LogP contribution in [0.1, 0.15) is 68.2 Å². The first-order valence-electron chi connectivity index (χ1n) is 12.9. The molecule has 3 aromatic rings. The van der Waals surface area contributed by atoms with E-state index in [0.29, 0.717) is 24.6 Å². The predicted octanol–water partition coefficient (Wildman–Crippen LogP) is 3.16. The number of Topliss-reactive ketones (excluding diaryl/α,β-unsaturated/α-hetero) is 1. The highest BCUT2D eigenvalue weighted by Crippen LogP contribution is 2.44. The Kier molecular flexibility index (Phi) is 6.49. The third-order valence-electron chi connectivity index (χ3n) is 7.83. The molecule has 0 amide bonds. The maximum absolute atomic E-state index is 13.4. The van der Waals surface area contributed by atoms with Crippen LogP contribution in [0.15, 0.2) is 29.2 Å². The second kappa shape index (κ2) is 9.59. The Labute approximate surface area is 209 Å². The molecule has 1 saturated carbocycles. The smallest absolute Gasteiger partial charge is 0.317 e. The summed E-state index contributed by atoms with van der Waals surface area (Å²) in [7, 11) is 0. The van der Waals surface area contributed by atoms with Gasteiger partial charge in [0.15, 0.2) is 11.6 Å². The number of fused-ring (bicyclic) bond motifs is 1. The van der Waals surface area contributed by atoms with Crippen molar-refractivity contribution in [1.82, 2.24) is 24.1 Å². The van der Waals surface area contributed by atoms with E-state index in [1.165, 1.54) is 0 Å². The van der Waals surface area contributed by atoms with Crippen molar-refractivity contribution in [3.05, 3.63) is 57.5 Å². The number of rotatable bonds is 7. The normalized spacial score (nSPS) is 22.9. The highest BCUT2D eigenvalue weighted by Gasteiger charge is 2.51. The summed E-state index contributed by atoms with van der Waals surface area (Å²) in [6.45, 7) is 6.26. The minimum Gasteiger partial charge on any atom is -0.458 e. The van der Waals surface area contributed by atoms with E-state index in [-0.39, 0.29) is 30.1 Å². The number of esters is 1. The zero-order valence-electron chi connectivity index (χ0n) is 21.2. The van der Waals surface area contributed by atoms with E-state index >= 15 is 0 Å². The number of nitrogens with zero attached hydrogens (tertiary/aromatic N) is 5. The molecule has 1 saturated heterocycles. The molecule has 5 rings (SSSR count). The largest absolute Gasteiger partial charge is 0.458 e. The van der Waals surface area contributed by atoms with Crippen molar-refractivity contribution in [2.45, 2.75) is 84.3 Å². The quantitative estimate of drug-likeness (QED) is 0.369. The first-order valence-corrected chi connectivity index (χ1v) is 12.9. The van der Waals surface area contributed by atoms with E-state index in [1.54, 1.807) is 15.1 Å². The molecule has 2 unspecified atom stereocenters. The molecule has 0 bridgehead atoms. The van der Waals surface area contributed by atoms with Crippen LogP contribution in [0.2, 0.25) is 0 Å². The van der Waals surface area contributed by atoms with Gasteiger partial charge in [0.25, 0.3) is 11.3 Å². The number of carbonyl (C=O) groups is 2. The van der Waals surface area contributed by atoms with Gasteiger partial charge in [0.2, 0.25) is 0 Å². The summed E-state index contributed by atoms with van der Waals surface area (Å²) >= 11 is 0. The average Bonchev–Trinajstić information content (AvgIpc) is 3.52. The highest BCUT2D eigenvalue weighted by atomic mass is 16.6. The van der Waals surface area contributed by atoms with Crippen molar-refractivity contribution in [2.24, 2.45) is 11.8 Å². The van der Waals surface area contributed by atoms with Crippen LogP contribution in [0, 0.1) is 25.7 Å². The molecule has 2 atom stereocenters. The molecule has 190 valence electrons. The molecule has 4 heterocycles. The molecule has 0 radical (unpaired) electrons. The zero-order valence-corrected chi connectivity index (χ0v) is 21.2. The van der Waals surface area contributed by atoms with Gasteiger partial charge in [0.05, 0.1) is 0 Å². The molecule has 0 aromatic carbocycles. The summed E-state index contributed by atoms with van der Waals surface area (Å²) in [6, 6.07) is 5.32. The fourth-order valence-corrected chi connectivity index (χ4v) is 5.83. The van der Waals surface area contributed by atoms with Crippen LogP contribution < -0.4 is 5.56 Å². The number of hydrogen-bond acceptors (Lipinski definition) is 7. The van der Waals surface area contributed by atoms with Crippen LogP contribution in [0.5, 0.6) is 0 Å². The van der Waals surface area contributed by atoms with Gasteiger partial charge in [0, 0.05) is 49.5 Å². The summed E-state index contributed by atoms with van der Waals surface area (Å²) in [5.41, 5.74) is 1.83. The van der Waals surface area contributed by atoms with E-state index in [0.717, 1.165) is 49.1 Å². The molecule has 0 N–H and O–H groups in total. The Morgan fingerprint density at radius 1 is 1.11 bits per heavy atom. The van der Waals surface area contributed by atoms with Crippen LogP contribution in [-0.4, -0.2) is 41.5 Å². The van der Waals surface area contributed by atoms with Crippen molar-refractivity contribution in [1.29, 1.82) is 0 Å². The highest BCUT2D eigenvalue weighted by molar-refractivity contribution is 6.01. The van der Waals surface area contributed by atoms with Gasteiger partial charge in [-0.15, -0.1) is 5.10 Å². The van der Waals surface area contributed by atoms with Crippen LogP contribution in [0.4, 0.5) is 0 Å². The Morgan fingerprint density at radius 3 is 2.61 bits per heavy atom. The molecule has 1 aliphatic heterocycles. The number of cyclic esters (lactones) is 1. The van der Waals surface area contributed by atoms with E-state index in [1.807, 2.05) is 39.1 Å². The first-order chi connectivity index (χ1) is 17.3. The lowest BCUT2D eigenvalue weighted by atomic mass is 9.74. The van der Waals surface area contributed by atoms with Crippen molar-refractivity contribution >= 4 is 17.5 Å². The summed E-state index contributed by atoms with van der Waals surface area (Å²) in [5, 5.41) is 4.48. The van der Waals surface area contributed by atoms with Crippen LogP contribution >= 0.6 is 0 Å². The molecule has 0 spiro atoms. The fourth-order valence-electron chi connectivity index (χ4n) is 5.83. The van der Waals surface area contributed by atoms with Crippen molar-refractivity contribution in [2.75, 3.05) is 0 Å². The third-order valence-corrected chi connectivity index (χ3v) is 7.83. The maximum atomic E-state index is 13.4. The Hall–Kier alpha value is -3.36. The van der Waals surface area contributed by atoms with Crippen LogP contribution in [0.3, 0.4) is 0 Å². The average molecular weight is 492 g/mol. The van der Waals surface area contributed by atoms with Gasteiger partial charge in [-0.3, -0.25) is 14.4 Å². The van der Waals surface area contributed by atoms with Crippen molar-refractivity contribution in [3.63, 3.8) is 0 Å². The van der Waals surface area contributed by atoms with E-state index in [9.17, 15) is 14.4 Å². The summed E-state index contributed by atoms with van der Waals surface area (Å²) in [4.78, 5) is 48.1. The topological polar surface area (TPSA) is 108 Å². The summed E-state index contributed by atoms with van der Waals surface area (Å²) < 4.78 is 9.50. The van der Waals surface area contributed by atoms with Gasteiger partial charge < -0.3 is 9.30 Å². The van der Waals surface area contributed by atoms with Gasteiger partial charge in [-0.05, 0) is 50.7 Å². The lowest BCUT2D eigenvalue weighted by Crippen LogP contribution is -2.52. The molecule has 2 fully saturated rings. The zero-order chi connectivity index (χ0) is 25.4. The van der Waals surface area contributed by atoms with Crippen molar-refractivity contribution in [3.8, 4) is 0 Å². The van der Waals surface area contributed by atoms with E-state index in [2.05, 4.69) is 15.1 Å². The lowest BCUT2D eigenvalue weighted by Gasteiger charge is -2.43. The minimum absolute atomic E-state index is 0.0860. The number of ether oxygens (including phenoxy) is 1. The number of hydrogen-bond donors (Lipinski definition) is 0. The maximum Gasteiger partial charge on any atom is 0.317 e. The van der Waals surface area contributed by atoms with Gasteiger partial charge in [-0.1, -0.05) is 25.8 Å². The number of aromatic nitrogens is 5. The standard InChI is InChI=1S/C27H33N5O4/c1-4-19-9-10-24(34)31(16-19)12-11-27(20-7-5-6-8-20)15-22(33)21(25(35)36-27)14-23-29-26-28-17(2)13-18(3)32(26)30-23/h9-10,13,16,20-21H,4-8,11-12,14-15H2,1-3H3. The SMILES string of the molecule is CCc1ccc(=O)n(CCC2(C3CCCC3)CC(=O)C(Cc3nc4nc(C)cc(C)n4n3)C(=O)O2)c1. The summed E-state index contributed by atoms with van der Waals surface area (Å²) in [5.74, 6) is -0.578. The Balaban J connectivity index is 1.37. The molecular weight excluding hydrogens is 458 g/mol. The molecular formula is C27H33N5O4. The Bertz CT molecular complexity index is 1350. The van der Waals surface area contributed by atoms with E-state index in [4.69, 9.17) is 4.74 Å². The molecule has 1 aliphatic carbocycles. The number of ketones is 1. The minimum atomic E-state index is -0.926. The van der Waals surface area contributed by atoms with Crippen molar-refractivity contribution < 1.29 is 14.3 Å². The van der Waals surface area contributed by atoms with Gasteiger partial charge in [-0.2, -0.15) is 4.98 Å². The van der Waals surface area contributed by atoms with Crippen LogP contribution in [-0.2, 0) is 33.7 Å². The molecule has 36 heavy (non-hydrogen) atoms. The molecule has 9 nitrogen and oxygen atoms in total. The monoisotopic (exact) mass is 491 g/mol. The first kappa shape index (κ1) is 24.3. The molecule has 3 aromatic heterocycles. The third kappa shape index (κ3) is 4.58. The lowest BCUT2D eigenvalue weighted by molar-refractivity contribution is -0.186. The van der Waals surface area contributed by atoms with E-state index < -0.39 is 17.5 Å². The fraction of sp³-hybridized carbons (Fsp3) is 0.556. The number of carbonyl (C=O) groups excluding carboxylic acids is 2. The second-order valence-corrected chi connectivity index (χ2v) is 10.3.